The van der Waals surface area contributed by atoms with Gasteiger partial charge in [-0.15, -0.1) is 0 Å². The Bertz CT molecular complexity index is 359. The predicted molar refractivity (Wildman–Crippen MR) is 51.5 cm³/mol. The lowest BCUT2D eigenvalue weighted by atomic mass is 9.94. The van der Waals surface area contributed by atoms with Crippen molar-refractivity contribution in [2.75, 3.05) is 0 Å². The van der Waals surface area contributed by atoms with Gasteiger partial charge in [0.2, 0.25) is 0 Å². The Hall–Kier alpha value is -1.51. The largest absolute Gasteiger partial charge is 0.489 e. The SMILES string of the molecule is CC[C@H]1Oc2ccccc2C1C(=O)O. The molecule has 2 atom stereocenters. The third-order valence-corrected chi connectivity index (χ3v) is 2.57. The maximum Gasteiger partial charge on any atom is 0.314 e. The average Bonchev–Trinajstić information content (AvgIpc) is 2.55. The molecular formula is C11H12O3. The van der Waals surface area contributed by atoms with Crippen LogP contribution >= 0.6 is 0 Å². The van der Waals surface area contributed by atoms with Gasteiger partial charge in [0.15, 0.2) is 0 Å². The number of carbonyl (C=O) groups is 1. The monoisotopic (exact) mass is 192 g/mol. The Morgan fingerprint density at radius 2 is 2.21 bits per heavy atom. The lowest BCUT2D eigenvalue weighted by molar-refractivity contribution is -0.140. The van der Waals surface area contributed by atoms with Gasteiger partial charge in [0.25, 0.3) is 0 Å². The first-order valence-corrected chi connectivity index (χ1v) is 4.72. The third kappa shape index (κ3) is 1.25. The van der Waals surface area contributed by atoms with Crippen LogP contribution < -0.4 is 4.74 Å². The summed E-state index contributed by atoms with van der Waals surface area (Å²) in [5.41, 5.74) is 0.798. The van der Waals surface area contributed by atoms with Gasteiger partial charge in [-0.1, -0.05) is 25.1 Å². The molecule has 0 bridgehead atoms. The van der Waals surface area contributed by atoms with E-state index in [1.807, 2.05) is 31.2 Å². The van der Waals surface area contributed by atoms with Crippen molar-refractivity contribution in [2.24, 2.45) is 0 Å². The molecule has 2 rings (SSSR count). The molecule has 1 aliphatic heterocycles. The van der Waals surface area contributed by atoms with Gasteiger partial charge < -0.3 is 9.84 Å². The Labute approximate surface area is 82.3 Å². The molecule has 1 unspecified atom stereocenters. The Balaban J connectivity index is 2.42. The molecule has 0 fully saturated rings. The van der Waals surface area contributed by atoms with Crippen LogP contribution in [0.1, 0.15) is 24.8 Å². The van der Waals surface area contributed by atoms with Crippen molar-refractivity contribution in [2.45, 2.75) is 25.4 Å². The summed E-state index contributed by atoms with van der Waals surface area (Å²) in [6, 6.07) is 7.34. The molecule has 0 aliphatic carbocycles. The molecule has 0 amide bonds. The van der Waals surface area contributed by atoms with Gasteiger partial charge in [-0.05, 0) is 12.5 Å². The molecule has 3 nitrogen and oxygen atoms in total. The molecule has 1 N–H and O–H groups in total. The van der Waals surface area contributed by atoms with Gasteiger partial charge in [0.1, 0.15) is 17.8 Å². The zero-order chi connectivity index (χ0) is 10.1. The smallest absolute Gasteiger partial charge is 0.314 e. The van der Waals surface area contributed by atoms with Crippen molar-refractivity contribution in [1.29, 1.82) is 0 Å². The van der Waals surface area contributed by atoms with E-state index < -0.39 is 11.9 Å². The van der Waals surface area contributed by atoms with Crippen LogP contribution in [0.2, 0.25) is 0 Å². The van der Waals surface area contributed by atoms with Gasteiger partial charge in [-0.3, -0.25) is 4.79 Å². The molecule has 0 radical (unpaired) electrons. The zero-order valence-corrected chi connectivity index (χ0v) is 7.93. The topological polar surface area (TPSA) is 46.5 Å². The number of benzene rings is 1. The number of carboxylic acids is 1. The standard InChI is InChI=1S/C11H12O3/c1-2-8-10(11(12)13)7-5-3-4-6-9(7)14-8/h3-6,8,10H,2H2,1H3,(H,12,13)/t8-,10?/m1/s1. The summed E-state index contributed by atoms with van der Waals surface area (Å²) >= 11 is 0. The summed E-state index contributed by atoms with van der Waals surface area (Å²) in [6.07, 6.45) is 0.496. The normalized spacial score (nSPS) is 24.1. The van der Waals surface area contributed by atoms with E-state index in [-0.39, 0.29) is 6.10 Å². The molecule has 1 aromatic carbocycles. The second kappa shape index (κ2) is 3.33. The summed E-state index contributed by atoms with van der Waals surface area (Å²) < 4.78 is 5.55. The number of para-hydroxylation sites is 1. The highest BCUT2D eigenvalue weighted by atomic mass is 16.5. The van der Waals surface area contributed by atoms with Gasteiger partial charge in [-0.25, -0.2) is 0 Å². The summed E-state index contributed by atoms with van der Waals surface area (Å²) in [6.45, 7) is 1.94. The van der Waals surface area contributed by atoms with Crippen LogP contribution in [0.25, 0.3) is 0 Å². The second-order valence-corrected chi connectivity index (χ2v) is 3.42. The number of hydrogen-bond acceptors (Lipinski definition) is 2. The van der Waals surface area contributed by atoms with Crippen molar-refractivity contribution in [3.05, 3.63) is 29.8 Å². The molecule has 3 heteroatoms. The van der Waals surface area contributed by atoms with Crippen LogP contribution in [-0.4, -0.2) is 17.2 Å². The molecule has 1 aromatic rings. The van der Waals surface area contributed by atoms with E-state index in [4.69, 9.17) is 9.84 Å². The summed E-state index contributed by atoms with van der Waals surface area (Å²) in [7, 11) is 0. The van der Waals surface area contributed by atoms with Crippen LogP contribution in [0.15, 0.2) is 24.3 Å². The van der Waals surface area contributed by atoms with Crippen LogP contribution in [0, 0.1) is 0 Å². The Morgan fingerprint density at radius 1 is 1.50 bits per heavy atom. The average molecular weight is 192 g/mol. The highest BCUT2D eigenvalue weighted by Crippen LogP contribution is 2.39. The first-order valence-electron chi connectivity index (χ1n) is 4.72. The van der Waals surface area contributed by atoms with Gasteiger partial charge in [0.05, 0.1) is 0 Å². The van der Waals surface area contributed by atoms with Crippen LogP contribution in [-0.2, 0) is 4.79 Å². The fourth-order valence-corrected chi connectivity index (χ4v) is 1.89. The van der Waals surface area contributed by atoms with Gasteiger partial charge in [0, 0.05) is 5.56 Å². The first-order chi connectivity index (χ1) is 6.74. The van der Waals surface area contributed by atoms with E-state index in [0.717, 1.165) is 5.56 Å². The van der Waals surface area contributed by atoms with E-state index in [9.17, 15) is 4.79 Å². The minimum Gasteiger partial charge on any atom is -0.489 e. The predicted octanol–water partition coefficient (Wildman–Crippen LogP) is 2.03. The molecule has 1 heterocycles. The van der Waals surface area contributed by atoms with Crippen molar-refractivity contribution in [3.63, 3.8) is 0 Å². The van der Waals surface area contributed by atoms with Crippen molar-refractivity contribution < 1.29 is 14.6 Å². The molecule has 1 aliphatic rings. The molecular weight excluding hydrogens is 180 g/mol. The number of ether oxygens (including phenoxy) is 1. The zero-order valence-electron chi connectivity index (χ0n) is 7.93. The minimum atomic E-state index is -0.804. The Kier molecular flexibility index (Phi) is 2.15. The fraction of sp³-hybridized carbons (Fsp3) is 0.364. The quantitative estimate of drug-likeness (QED) is 0.779. The molecule has 0 saturated heterocycles. The second-order valence-electron chi connectivity index (χ2n) is 3.42. The maximum absolute atomic E-state index is 11.1. The molecule has 0 spiro atoms. The van der Waals surface area contributed by atoms with Crippen LogP contribution in [0.3, 0.4) is 0 Å². The third-order valence-electron chi connectivity index (χ3n) is 2.57. The fourth-order valence-electron chi connectivity index (χ4n) is 1.89. The minimum absolute atomic E-state index is 0.218. The number of carboxylic acid groups (broad SMARTS) is 1. The molecule has 74 valence electrons. The first kappa shape index (κ1) is 9.06. The van der Waals surface area contributed by atoms with E-state index in [1.165, 1.54) is 0 Å². The summed E-state index contributed by atoms with van der Waals surface area (Å²) in [4.78, 5) is 11.1. The lowest BCUT2D eigenvalue weighted by Crippen LogP contribution is -2.24. The lowest BCUT2D eigenvalue weighted by Gasteiger charge is -2.12. The van der Waals surface area contributed by atoms with E-state index in [2.05, 4.69) is 0 Å². The molecule has 14 heavy (non-hydrogen) atoms. The van der Waals surface area contributed by atoms with E-state index >= 15 is 0 Å². The highest BCUT2D eigenvalue weighted by Gasteiger charge is 2.38. The van der Waals surface area contributed by atoms with Gasteiger partial charge >= 0.3 is 5.97 Å². The van der Waals surface area contributed by atoms with Crippen LogP contribution in [0.4, 0.5) is 0 Å². The number of rotatable bonds is 2. The van der Waals surface area contributed by atoms with Crippen molar-refractivity contribution in [1.82, 2.24) is 0 Å². The molecule has 0 aromatic heterocycles. The van der Waals surface area contributed by atoms with Gasteiger partial charge in [-0.2, -0.15) is 0 Å². The van der Waals surface area contributed by atoms with E-state index in [0.29, 0.717) is 12.2 Å². The molecule has 0 saturated carbocycles. The van der Waals surface area contributed by atoms with Crippen LogP contribution in [0.5, 0.6) is 5.75 Å². The van der Waals surface area contributed by atoms with E-state index in [1.54, 1.807) is 0 Å². The number of hydrogen-bond donors (Lipinski definition) is 1. The van der Waals surface area contributed by atoms with Crippen molar-refractivity contribution in [3.8, 4) is 5.75 Å². The summed E-state index contributed by atoms with van der Waals surface area (Å²) in [5.74, 6) is -0.593. The Morgan fingerprint density at radius 3 is 2.86 bits per heavy atom. The summed E-state index contributed by atoms with van der Waals surface area (Å²) in [5, 5.41) is 9.08. The van der Waals surface area contributed by atoms with Crippen molar-refractivity contribution >= 4 is 5.97 Å². The maximum atomic E-state index is 11.1. The number of fused-ring (bicyclic) bond motifs is 1. The highest BCUT2D eigenvalue weighted by molar-refractivity contribution is 5.79. The number of aliphatic carboxylic acids is 1.